The number of hydrogen-bond donors (Lipinski definition) is 1. The molecule has 0 aromatic heterocycles. The van der Waals surface area contributed by atoms with Gasteiger partial charge in [0.05, 0.1) is 5.60 Å². The lowest BCUT2D eigenvalue weighted by atomic mass is 9.59. The Bertz CT molecular complexity index is 373. The molecule has 3 aliphatic rings. The van der Waals surface area contributed by atoms with Crippen LogP contribution in [-0.2, 0) is 4.74 Å². The first kappa shape index (κ1) is 14.3. The molecule has 3 atom stereocenters. The maximum absolute atomic E-state index is 6.32. The quantitative estimate of drug-likeness (QED) is 0.757. The molecule has 112 valence electrons. The minimum Gasteiger partial charge on any atom is -0.370 e. The highest BCUT2D eigenvalue weighted by molar-refractivity contribution is 5.29. The average molecular weight is 276 g/mol. The Hall–Kier alpha value is -0.640. The standard InChI is InChI=1S/C17H28N2O/c18-9-6-12-20-17-8-3-2-7-15(17)13-16(17)14-19-10-4-1-5-11-19/h2-3,7-8,15-16H,1,4-6,9-14,18H2. The van der Waals surface area contributed by atoms with E-state index in [0.717, 1.165) is 19.6 Å². The van der Waals surface area contributed by atoms with E-state index in [9.17, 15) is 0 Å². The summed E-state index contributed by atoms with van der Waals surface area (Å²) in [5.74, 6) is 1.24. The topological polar surface area (TPSA) is 38.5 Å². The zero-order valence-electron chi connectivity index (χ0n) is 12.5. The van der Waals surface area contributed by atoms with Gasteiger partial charge >= 0.3 is 0 Å². The number of rotatable bonds is 6. The summed E-state index contributed by atoms with van der Waals surface area (Å²) in [6.45, 7) is 5.27. The monoisotopic (exact) mass is 276 g/mol. The van der Waals surface area contributed by atoms with Crippen LogP contribution in [0, 0.1) is 11.8 Å². The molecule has 0 radical (unpaired) electrons. The smallest absolute Gasteiger partial charge is 0.0968 e. The van der Waals surface area contributed by atoms with Gasteiger partial charge in [0, 0.05) is 25.0 Å². The predicted molar refractivity (Wildman–Crippen MR) is 82.5 cm³/mol. The van der Waals surface area contributed by atoms with Crippen molar-refractivity contribution in [2.75, 3.05) is 32.8 Å². The van der Waals surface area contributed by atoms with Gasteiger partial charge in [-0.3, -0.25) is 0 Å². The third kappa shape index (κ3) is 2.72. The summed E-state index contributed by atoms with van der Waals surface area (Å²) >= 11 is 0. The lowest BCUT2D eigenvalue weighted by molar-refractivity contribution is -0.150. The fraction of sp³-hybridized carbons (Fsp3) is 0.765. The molecule has 3 heteroatoms. The molecule has 2 N–H and O–H groups in total. The molecule has 0 amide bonds. The molecule has 1 aliphatic heterocycles. The van der Waals surface area contributed by atoms with E-state index in [1.165, 1.54) is 45.3 Å². The van der Waals surface area contributed by atoms with Gasteiger partial charge in [0.1, 0.15) is 0 Å². The van der Waals surface area contributed by atoms with Crippen molar-refractivity contribution < 1.29 is 4.74 Å². The number of hydrogen-bond acceptors (Lipinski definition) is 3. The number of ether oxygens (including phenoxy) is 1. The fourth-order valence-electron chi connectivity index (χ4n) is 3.99. The van der Waals surface area contributed by atoms with Crippen LogP contribution >= 0.6 is 0 Å². The van der Waals surface area contributed by atoms with Crippen LogP contribution in [0.1, 0.15) is 32.1 Å². The molecule has 0 aromatic carbocycles. The lowest BCUT2D eigenvalue weighted by Crippen LogP contribution is -2.60. The summed E-state index contributed by atoms with van der Waals surface area (Å²) in [5, 5.41) is 0. The fourth-order valence-corrected chi connectivity index (χ4v) is 3.99. The van der Waals surface area contributed by atoms with E-state index in [2.05, 4.69) is 29.2 Å². The number of likely N-dealkylation sites (tertiary alicyclic amines) is 1. The van der Waals surface area contributed by atoms with E-state index in [1.807, 2.05) is 0 Å². The van der Waals surface area contributed by atoms with Gasteiger partial charge in [0.2, 0.25) is 0 Å². The highest BCUT2D eigenvalue weighted by atomic mass is 16.5. The number of nitrogens with zero attached hydrogens (tertiary/aromatic N) is 1. The van der Waals surface area contributed by atoms with E-state index >= 15 is 0 Å². The first-order valence-corrected chi connectivity index (χ1v) is 8.27. The average Bonchev–Trinajstić information content (AvgIpc) is 2.48. The number of allylic oxidation sites excluding steroid dienone is 2. The molecule has 1 saturated carbocycles. The SMILES string of the molecule is NCCCOC12C=CC=CC1CC2CN1CCCCC1. The summed E-state index contributed by atoms with van der Waals surface area (Å²) in [7, 11) is 0. The Morgan fingerprint density at radius 1 is 1.20 bits per heavy atom. The summed E-state index contributed by atoms with van der Waals surface area (Å²) < 4.78 is 6.32. The van der Waals surface area contributed by atoms with Gasteiger partial charge in [-0.05, 0) is 45.3 Å². The Kier molecular flexibility index (Phi) is 4.59. The lowest BCUT2D eigenvalue weighted by Gasteiger charge is -2.55. The van der Waals surface area contributed by atoms with Crippen LogP contribution in [0.4, 0.5) is 0 Å². The van der Waals surface area contributed by atoms with E-state index < -0.39 is 0 Å². The summed E-state index contributed by atoms with van der Waals surface area (Å²) in [4.78, 5) is 2.64. The van der Waals surface area contributed by atoms with Crippen LogP contribution in [0.2, 0.25) is 0 Å². The molecule has 2 fully saturated rings. The van der Waals surface area contributed by atoms with Crippen LogP contribution < -0.4 is 5.73 Å². The first-order chi connectivity index (χ1) is 9.85. The third-order valence-electron chi connectivity index (χ3n) is 5.20. The predicted octanol–water partition coefficient (Wildman–Crippen LogP) is 2.34. The summed E-state index contributed by atoms with van der Waals surface area (Å²) in [6, 6.07) is 0. The number of piperidine rings is 1. The van der Waals surface area contributed by atoms with Gasteiger partial charge in [-0.25, -0.2) is 0 Å². The Labute approximate surface area is 122 Å². The minimum atomic E-state index is -0.0264. The van der Waals surface area contributed by atoms with E-state index in [4.69, 9.17) is 10.5 Å². The molecule has 0 aromatic rings. The van der Waals surface area contributed by atoms with Crippen LogP contribution in [0.5, 0.6) is 0 Å². The highest BCUT2D eigenvalue weighted by Gasteiger charge is 2.54. The maximum atomic E-state index is 6.32. The zero-order valence-corrected chi connectivity index (χ0v) is 12.5. The van der Waals surface area contributed by atoms with E-state index in [0.29, 0.717) is 11.8 Å². The molecular weight excluding hydrogens is 248 g/mol. The van der Waals surface area contributed by atoms with Crippen LogP contribution in [0.3, 0.4) is 0 Å². The Balaban J connectivity index is 1.61. The summed E-state index contributed by atoms with van der Waals surface area (Å²) in [6.07, 6.45) is 15.4. The second kappa shape index (κ2) is 6.42. The van der Waals surface area contributed by atoms with Crippen molar-refractivity contribution >= 4 is 0 Å². The van der Waals surface area contributed by atoms with Gasteiger partial charge in [0.15, 0.2) is 0 Å². The molecular formula is C17H28N2O. The van der Waals surface area contributed by atoms with Gasteiger partial charge < -0.3 is 15.4 Å². The number of fused-ring (bicyclic) bond motifs is 1. The van der Waals surface area contributed by atoms with Gasteiger partial charge in [0.25, 0.3) is 0 Å². The van der Waals surface area contributed by atoms with Crippen LogP contribution in [-0.4, -0.2) is 43.3 Å². The second-order valence-corrected chi connectivity index (χ2v) is 6.49. The van der Waals surface area contributed by atoms with Crippen molar-refractivity contribution in [3.05, 3.63) is 24.3 Å². The normalized spacial score (nSPS) is 36.6. The zero-order chi connectivity index (χ0) is 13.8. The molecule has 3 unspecified atom stereocenters. The van der Waals surface area contributed by atoms with Crippen molar-refractivity contribution in [3.63, 3.8) is 0 Å². The van der Waals surface area contributed by atoms with E-state index in [1.54, 1.807) is 0 Å². The molecule has 0 spiro atoms. The summed E-state index contributed by atoms with van der Waals surface area (Å²) in [5.41, 5.74) is 5.58. The van der Waals surface area contributed by atoms with Crippen molar-refractivity contribution in [2.45, 2.75) is 37.7 Å². The van der Waals surface area contributed by atoms with Gasteiger partial charge in [-0.15, -0.1) is 0 Å². The van der Waals surface area contributed by atoms with Crippen LogP contribution in [0.15, 0.2) is 24.3 Å². The minimum absolute atomic E-state index is 0.0264. The molecule has 2 aliphatic carbocycles. The van der Waals surface area contributed by atoms with Crippen molar-refractivity contribution in [1.29, 1.82) is 0 Å². The second-order valence-electron chi connectivity index (χ2n) is 6.49. The van der Waals surface area contributed by atoms with Gasteiger partial charge in [-0.1, -0.05) is 30.7 Å². The number of nitrogens with two attached hydrogens (primary N) is 1. The Morgan fingerprint density at radius 2 is 2.05 bits per heavy atom. The van der Waals surface area contributed by atoms with E-state index in [-0.39, 0.29) is 5.60 Å². The van der Waals surface area contributed by atoms with Crippen molar-refractivity contribution in [1.82, 2.24) is 4.90 Å². The highest BCUT2D eigenvalue weighted by Crippen LogP contribution is 2.51. The van der Waals surface area contributed by atoms with Gasteiger partial charge in [-0.2, -0.15) is 0 Å². The molecule has 3 nitrogen and oxygen atoms in total. The largest absolute Gasteiger partial charge is 0.370 e. The molecule has 1 saturated heterocycles. The molecule has 0 bridgehead atoms. The first-order valence-electron chi connectivity index (χ1n) is 8.27. The maximum Gasteiger partial charge on any atom is 0.0968 e. The third-order valence-corrected chi connectivity index (χ3v) is 5.20. The van der Waals surface area contributed by atoms with Crippen molar-refractivity contribution in [3.8, 4) is 0 Å². The molecule has 20 heavy (non-hydrogen) atoms. The van der Waals surface area contributed by atoms with Crippen molar-refractivity contribution in [2.24, 2.45) is 17.6 Å². The molecule has 3 rings (SSSR count). The molecule has 1 heterocycles. The Morgan fingerprint density at radius 3 is 2.80 bits per heavy atom. The van der Waals surface area contributed by atoms with Crippen LogP contribution in [0.25, 0.3) is 0 Å².